The van der Waals surface area contributed by atoms with Gasteiger partial charge in [0.25, 0.3) is 11.8 Å². The molecule has 0 radical (unpaired) electrons. The van der Waals surface area contributed by atoms with Crippen molar-refractivity contribution >= 4 is 28.8 Å². The quantitative estimate of drug-likeness (QED) is 0.515. The Balaban J connectivity index is 1.80. The van der Waals surface area contributed by atoms with Crippen molar-refractivity contribution < 1.29 is 19.1 Å². The highest BCUT2D eigenvalue weighted by molar-refractivity contribution is 6.46. The van der Waals surface area contributed by atoms with E-state index in [2.05, 4.69) is 5.32 Å². The van der Waals surface area contributed by atoms with Gasteiger partial charge in [0, 0.05) is 11.8 Å². The largest absolute Gasteiger partial charge is 0.497 e. The standard InChI is InChI=1S/C27H26N2O4/c1-5-33-23-8-6-7-21(16-23)29-26(30)24(19-10-13-22(32-4)14-11-19)25(27(29)31)28-20-12-9-17(2)18(3)15-20/h6-16,28H,5H2,1-4H3. The van der Waals surface area contributed by atoms with Gasteiger partial charge in [-0.25, -0.2) is 4.90 Å². The van der Waals surface area contributed by atoms with Gasteiger partial charge < -0.3 is 14.8 Å². The number of ether oxygens (including phenoxy) is 2. The number of benzene rings is 3. The second-order valence-corrected chi connectivity index (χ2v) is 7.78. The van der Waals surface area contributed by atoms with E-state index in [0.29, 0.717) is 34.9 Å². The number of hydrogen-bond donors (Lipinski definition) is 1. The van der Waals surface area contributed by atoms with E-state index in [9.17, 15) is 9.59 Å². The predicted octanol–water partition coefficient (Wildman–Crippen LogP) is 5.11. The van der Waals surface area contributed by atoms with Crippen LogP contribution in [0, 0.1) is 13.8 Å². The number of carbonyl (C=O) groups excluding carboxylic acids is 2. The molecular weight excluding hydrogens is 416 g/mol. The molecule has 1 N–H and O–H groups in total. The molecule has 0 spiro atoms. The summed E-state index contributed by atoms with van der Waals surface area (Å²) in [5.41, 5.74) is 4.60. The van der Waals surface area contributed by atoms with Gasteiger partial charge in [0.1, 0.15) is 17.2 Å². The number of anilines is 2. The lowest BCUT2D eigenvalue weighted by Gasteiger charge is -2.16. The number of imide groups is 1. The zero-order valence-corrected chi connectivity index (χ0v) is 19.1. The Morgan fingerprint density at radius 1 is 0.848 bits per heavy atom. The van der Waals surface area contributed by atoms with Gasteiger partial charge in [0.05, 0.1) is 25.0 Å². The zero-order valence-electron chi connectivity index (χ0n) is 19.1. The summed E-state index contributed by atoms with van der Waals surface area (Å²) in [5, 5.41) is 3.21. The highest BCUT2D eigenvalue weighted by Crippen LogP contribution is 2.35. The minimum absolute atomic E-state index is 0.232. The molecule has 1 heterocycles. The SMILES string of the molecule is CCOc1cccc(N2C(=O)C(Nc3ccc(C)c(C)c3)=C(c3ccc(OC)cc3)C2=O)c1. The number of methoxy groups -OCH3 is 1. The molecule has 0 bridgehead atoms. The van der Waals surface area contributed by atoms with Gasteiger partial charge in [0.15, 0.2) is 0 Å². The normalized spacial score (nSPS) is 13.5. The van der Waals surface area contributed by atoms with Gasteiger partial charge in [-0.15, -0.1) is 0 Å². The second kappa shape index (κ2) is 9.20. The molecule has 4 rings (SSSR count). The van der Waals surface area contributed by atoms with Crippen molar-refractivity contribution in [1.82, 2.24) is 0 Å². The second-order valence-electron chi connectivity index (χ2n) is 7.78. The van der Waals surface area contributed by atoms with Crippen LogP contribution < -0.4 is 19.7 Å². The Bertz CT molecular complexity index is 1250. The first kappa shape index (κ1) is 22.1. The van der Waals surface area contributed by atoms with Crippen LogP contribution in [-0.2, 0) is 9.59 Å². The van der Waals surface area contributed by atoms with Gasteiger partial charge in [-0.1, -0.05) is 24.3 Å². The van der Waals surface area contributed by atoms with Gasteiger partial charge >= 0.3 is 0 Å². The molecule has 0 aliphatic carbocycles. The lowest BCUT2D eigenvalue weighted by molar-refractivity contribution is -0.120. The Morgan fingerprint density at radius 2 is 1.61 bits per heavy atom. The van der Waals surface area contributed by atoms with E-state index < -0.39 is 11.8 Å². The van der Waals surface area contributed by atoms with E-state index in [1.54, 1.807) is 55.6 Å². The fourth-order valence-corrected chi connectivity index (χ4v) is 3.75. The van der Waals surface area contributed by atoms with Crippen LogP contribution in [0.15, 0.2) is 72.4 Å². The first-order valence-electron chi connectivity index (χ1n) is 10.8. The van der Waals surface area contributed by atoms with Crippen LogP contribution in [0.5, 0.6) is 11.5 Å². The molecule has 0 unspecified atom stereocenters. The molecule has 0 saturated carbocycles. The molecular formula is C27H26N2O4. The number of carbonyl (C=O) groups is 2. The van der Waals surface area contributed by atoms with Crippen LogP contribution >= 0.6 is 0 Å². The highest BCUT2D eigenvalue weighted by Gasteiger charge is 2.40. The molecule has 0 saturated heterocycles. The molecule has 168 valence electrons. The summed E-state index contributed by atoms with van der Waals surface area (Å²) < 4.78 is 10.8. The fraction of sp³-hybridized carbons (Fsp3) is 0.185. The fourth-order valence-electron chi connectivity index (χ4n) is 3.75. The van der Waals surface area contributed by atoms with Gasteiger partial charge in [0.2, 0.25) is 0 Å². The molecule has 0 fully saturated rings. The van der Waals surface area contributed by atoms with Crippen molar-refractivity contribution in [2.24, 2.45) is 0 Å². The summed E-state index contributed by atoms with van der Waals surface area (Å²) in [6, 6.07) is 19.9. The van der Waals surface area contributed by atoms with Crippen LogP contribution in [0.25, 0.3) is 5.57 Å². The van der Waals surface area contributed by atoms with E-state index in [1.807, 2.05) is 39.0 Å². The third kappa shape index (κ3) is 4.32. The number of nitrogens with zero attached hydrogens (tertiary/aromatic N) is 1. The van der Waals surface area contributed by atoms with Crippen LogP contribution in [0.1, 0.15) is 23.6 Å². The van der Waals surface area contributed by atoms with Gasteiger partial charge in [-0.3, -0.25) is 9.59 Å². The summed E-state index contributed by atoms with van der Waals surface area (Å²) in [7, 11) is 1.58. The molecule has 0 aromatic heterocycles. The Morgan fingerprint density at radius 3 is 2.27 bits per heavy atom. The Labute approximate surface area is 193 Å². The number of aryl methyl sites for hydroxylation is 2. The molecule has 1 aliphatic heterocycles. The molecule has 6 heteroatoms. The van der Waals surface area contributed by atoms with Crippen LogP contribution in [-0.4, -0.2) is 25.5 Å². The number of hydrogen-bond acceptors (Lipinski definition) is 5. The van der Waals surface area contributed by atoms with Crippen LogP contribution in [0.2, 0.25) is 0 Å². The van der Waals surface area contributed by atoms with E-state index in [-0.39, 0.29) is 5.70 Å². The predicted molar refractivity (Wildman–Crippen MR) is 130 cm³/mol. The smallest absolute Gasteiger partial charge is 0.282 e. The minimum Gasteiger partial charge on any atom is -0.497 e. The van der Waals surface area contributed by atoms with Crippen molar-refractivity contribution in [3.63, 3.8) is 0 Å². The lowest BCUT2D eigenvalue weighted by Crippen LogP contribution is -2.32. The molecule has 3 aromatic carbocycles. The number of rotatable bonds is 7. The van der Waals surface area contributed by atoms with E-state index >= 15 is 0 Å². The average Bonchev–Trinajstić information content (AvgIpc) is 3.06. The molecule has 2 amide bonds. The summed E-state index contributed by atoms with van der Waals surface area (Å²) >= 11 is 0. The monoisotopic (exact) mass is 442 g/mol. The average molecular weight is 443 g/mol. The number of amides is 2. The molecule has 1 aliphatic rings. The lowest BCUT2D eigenvalue weighted by atomic mass is 10.0. The maximum Gasteiger partial charge on any atom is 0.282 e. The number of nitrogens with one attached hydrogen (secondary N) is 1. The van der Waals surface area contributed by atoms with Crippen LogP contribution in [0.4, 0.5) is 11.4 Å². The molecule has 6 nitrogen and oxygen atoms in total. The Hall–Kier alpha value is -4.06. The van der Waals surface area contributed by atoms with Crippen LogP contribution in [0.3, 0.4) is 0 Å². The van der Waals surface area contributed by atoms with Gasteiger partial charge in [-0.2, -0.15) is 0 Å². The van der Waals surface area contributed by atoms with Crippen molar-refractivity contribution in [3.8, 4) is 11.5 Å². The molecule has 33 heavy (non-hydrogen) atoms. The summed E-state index contributed by atoms with van der Waals surface area (Å²) in [5.74, 6) is 0.445. The van der Waals surface area contributed by atoms with Crippen molar-refractivity contribution in [2.45, 2.75) is 20.8 Å². The maximum atomic E-state index is 13.6. The first-order chi connectivity index (χ1) is 15.9. The molecule has 3 aromatic rings. The van der Waals surface area contributed by atoms with Crippen molar-refractivity contribution in [2.75, 3.05) is 23.9 Å². The highest BCUT2D eigenvalue weighted by atomic mass is 16.5. The minimum atomic E-state index is -0.419. The topological polar surface area (TPSA) is 67.9 Å². The first-order valence-corrected chi connectivity index (χ1v) is 10.8. The Kier molecular flexibility index (Phi) is 6.18. The van der Waals surface area contributed by atoms with E-state index in [1.165, 1.54) is 4.90 Å². The summed E-state index contributed by atoms with van der Waals surface area (Å²) in [6.45, 7) is 6.40. The summed E-state index contributed by atoms with van der Waals surface area (Å²) in [6.07, 6.45) is 0. The van der Waals surface area contributed by atoms with Gasteiger partial charge in [-0.05, 0) is 73.9 Å². The molecule has 0 atom stereocenters. The zero-order chi connectivity index (χ0) is 23.5. The maximum absolute atomic E-state index is 13.6. The third-order valence-electron chi connectivity index (χ3n) is 5.63. The van der Waals surface area contributed by atoms with E-state index in [4.69, 9.17) is 9.47 Å². The van der Waals surface area contributed by atoms with Crippen molar-refractivity contribution in [3.05, 3.63) is 89.1 Å². The van der Waals surface area contributed by atoms with E-state index in [0.717, 1.165) is 16.8 Å². The third-order valence-corrected chi connectivity index (χ3v) is 5.63. The van der Waals surface area contributed by atoms with Crippen molar-refractivity contribution in [1.29, 1.82) is 0 Å². The summed E-state index contributed by atoms with van der Waals surface area (Å²) in [4.78, 5) is 28.4.